The van der Waals surface area contributed by atoms with Crippen LogP contribution in [-0.4, -0.2) is 52.8 Å². The highest BCUT2D eigenvalue weighted by Gasteiger charge is 2.29. The summed E-state index contributed by atoms with van der Waals surface area (Å²) in [4.78, 5) is 22.6. The van der Waals surface area contributed by atoms with Crippen molar-refractivity contribution >= 4 is 23.0 Å². The molecule has 0 aromatic carbocycles. The summed E-state index contributed by atoms with van der Waals surface area (Å²) in [6.45, 7) is 4.36. The summed E-state index contributed by atoms with van der Waals surface area (Å²) in [5.74, 6) is 1.69. The molecule has 0 radical (unpaired) electrons. The number of anilines is 2. The zero-order valence-corrected chi connectivity index (χ0v) is 17.8. The first-order valence-corrected chi connectivity index (χ1v) is 11.0. The van der Waals surface area contributed by atoms with Gasteiger partial charge < -0.3 is 14.5 Å². The van der Waals surface area contributed by atoms with Crippen LogP contribution >= 0.6 is 11.3 Å². The maximum absolute atomic E-state index is 14.5. The van der Waals surface area contributed by atoms with Crippen molar-refractivity contribution in [2.75, 3.05) is 36.5 Å². The second-order valence-electron chi connectivity index (χ2n) is 7.68. The number of rotatable bonds is 4. The van der Waals surface area contributed by atoms with E-state index in [9.17, 15) is 4.39 Å². The van der Waals surface area contributed by atoms with E-state index in [1.807, 2.05) is 11.6 Å². The molecule has 5 heterocycles. The van der Waals surface area contributed by atoms with Gasteiger partial charge in [-0.1, -0.05) is 0 Å². The van der Waals surface area contributed by atoms with Gasteiger partial charge in [0.15, 0.2) is 5.82 Å². The summed E-state index contributed by atoms with van der Waals surface area (Å²) in [7, 11) is 1.72. The molecule has 1 fully saturated rings. The van der Waals surface area contributed by atoms with Crippen molar-refractivity contribution in [2.24, 2.45) is 0 Å². The molecular weight excluding hydrogens is 403 g/mol. The van der Waals surface area contributed by atoms with Crippen molar-refractivity contribution in [3.8, 4) is 11.5 Å². The summed E-state index contributed by atoms with van der Waals surface area (Å²) < 4.78 is 19.9. The van der Waals surface area contributed by atoms with Gasteiger partial charge in [-0.05, 0) is 13.3 Å². The average Bonchev–Trinajstić information content (AvgIpc) is 3.45. The number of hydrogen-bond acceptors (Lipinski definition) is 8. The fourth-order valence-electron chi connectivity index (χ4n) is 4.23. The Bertz CT molecular complexity index is 1050. The highest BCUT2D eigenvalue weighted by Crippen LogP contribution is 2.34. The predicted molar refractivity (Wildman–Crippen MR) is 114 cm³/mol. The van der Waals surface area contributed by atoms with Gasteiger partial charge in [0.05, 0.1) is 23.4 Å². The quantitative estimate of drug-likeness (QED) is 0.633. The Morgan fingerprint density at radius 3 is 2.80 bits per heavy atom. The lowest BCUT2D eigenvalue weighted by molar-refractivity contribution is 0.121. The molecule has 3 aromatic rings. The molecule has 9 heteroatoms. The van der Waals surface area contributed by atoms with E-state index in [4.69, 9.17) is 14.7 Å². The summed E-state index contributed by atoms with van der Waals surface area (Å²) in [6, 6.07) is 3.03. The fraction of sp³-hybridized carbons (Fsp3) is 0.429. The van der Waals surface area contributed by atoms with Crippen LogP contribution in [0.15, 0.2) is 29.2 Å². The van der Waals surface area contributed by atoms with Crippen molar-refractivity contribution in [2.45, 2.75) is 31.9 Å². The first kappa shape index (κ1) is 19.3. The SMILES string of the molecule is COC1CCN(c2cc(F)cc(N3CCc4nc(-c5cscn5)ncc4C3C)n2)C1. The van der Waals surface area contributed by atoms with E-state index in [1.165, 1.54) is 23.5 Å². The van der Waals surface area contributed by atoms with Crippen molar-refractivity contribution in [3.63, 3.8) is 0 Å². The highest BCUT2D eigenvalue weighted by atomic mass is 32.1. The zero-order valence-electron chi connectivity index (χ0n) is 17.0. The fourth-order valence-corrected chi connectivity index (χ4v) is 4.76. The maximum atomic E-state index is 14.5. The largest absolute Gasteiger partial charge is 0.380 e. The second-order valence-corrected chi connectivity index (χ2v) is 8.40. The maximum Gasteiger partial charge on any atom is 0.179 e. The number of pyridine rings is 1. The molecule has 2 atom stereocenters. The molecule has 3 aromatic heterocycles. The van der Waals surface area contributed by atoms with Crippen LogP contribution in [0, 0.1) is 5.82 Å². The van der Waals surface area contributed by atoms with E-state index in [0.717, 1.165) is 49.4 Å². The van der Waals surface area contributed by atoms with E-state index >= 15 is 0 Å². The van der Waals surface area contributed by atoms with E-state index in [1.54, 1.807) is 12.6 Å². The van der Waals surface area contributed by atoms with Gasteiger partial charge >= 0.3 is 0 Å². The monoisotopic (exact) mass is 426 g/mol. The molecule has 7 nitrogen and oxygen atoms in total. The summed E-state index contributed by atoms with van der Waals surface area (Å²) in [6.07, 6.45) is 3.72. The Labute approximate surface area is 178 Å². The number of ether oxygens (including phenoxy) is 1. The highest BCUT2D eigenvalue weighted by molar-refractivity contribution is 7.07. The van der Waals surface area contributed by atoms with Crippen molar-refractivity contribution in [1.29, 1.82) is 0 Å². The number of halogens is 1. The van der Waals surface area contributed by atoms with E-state index in [0.29, 0.717) is 17.5 Å². The van der Waals surface area contributed by atoms with Gasteiger partial charge in [0.25, 0.3) is 0 Å². The molecule has 5 rings (SSSR count). The summed E-state index contributed by atoms with van der Waals surface area (Å²) >= 11 is 1.53. The predicted octanol–water partition coefficient (Wildman–Crippen LogP) is 3.48. The lowest BCUT2D eigenvalue weighted by Crippen LogP contribution is -2.36. The van der Waals surface area contributed by atoms with Crippen LogP contribution in [0.3, 0.4) is 0 Å². The molecule has 30 heavy (non-hydrogen) atoms. The van der Waals surface area contributed by atoms with E-state index < -0.39 is 0 Å². The minimum absolute atomic E-state index is 0.00526. The van der Waals surface area contributed by atoms with Crippen molar-refractivity contribution in [3.05, 3.63) is 46.3 Å². The zero-order chi connectivity index (χ0) is 20.7. The molecule has 2 aliphatic rings. The lowest BCUT2D eigenvalue weighted by atomic mass is 9.99. The first-order valence-electron chi connectivity index (χ1n) is 10.1. The first-order chi connectivity index (χ1) is 14.6. The number of methoxy groups -OCH3 is 1. The summed E-state index contributed by atoms with van der Waals surface area (Å²) in [5, 5.41) is 1.95. The van der Waals surface area contributed by atoms with Gasteiger partial charge in [-0.3, -0.25) is 0 Å². The third kappa shape index (κ3) is 3.52. The van der Waals surface area contributed by atoms with E-state index in [-0.39, 0.29) is 18.0 Å². The molecular formula is C21H23FN6OS. The van der Waals surface area contributed by atoms with Crippen LogP contribution in [0.5, 0.6) is 0 Å². The third-order valence-corrected chi connectivity index (χ3v) is 6.51. The molecule has 0 N–H and O–H groups in total. The lowest BCUT2D eigenvalue weighted by Gasteiger charge is -2.36. The van der Waals surface area contributed by atoms with Crippen LogP contribution in [0.2, 0.25) is 0 Å². The van der Waals surface area contributed by atoms with Crippen LogP contribution in [0.1, 0.15) is 30.6 Å². The smallest absolute Gasteiger partial charge is 0.179 e. The molecule has 156 valence electrons. The van der Waals surface area contributed by atoms with Gasteiger partial charge in [-0.2, -0.15) is 0 Å². The average molecular weight is 427 g/mol. The van der Waals surface area contributed by atoms with Gasteiger partial charge in [-0.15, -0.1) is 11.3 Å². The molecule has 0 bridgehead atoms. The Morgan fingerprint density at radius 1 is 1.17 bits per heavy atom. The molecule has 0 spiro atoms. The Morgan fingerprint density at radius 2 is 2.03 bits per heavy atom. The topological polar surface area (TPSA) is 67.3 Å². The normalized spacial score (nSPS) is 21.2. The van der Waals surface area contributed by atoms with E-state index in [2.05, 4.69) is 26.7 Å². The third-order valence-electron chi connectivity index (χ3n) is 5.93. The summed E-state index contributed by atoms with van der Waals surface area (Å²) in [5.41, 5.74) is 4.66. The van der Waals surface area contributed by atoms with Crippen LogP contribution < -0.4 is 9.80 Å². The van der Waals surface area contributed by atoms with Crippen LogP contribution in [-0.2, 0) is 11.2 Å². The molecule has 2 unspecified atom stereocenters. The Hall–Kier alpha value is -2.65. The van der Waals surface area contributed by atoms with Gasteiger partial charge in [0.1, 0.15) is 23.1 Å². The second kappa shape index (κ2) is 7.88. The van der Waals surface area contributed by atoms with Gasteiger partial charge in [0, 0.05) is 62.4 Å². The van der Waals surface area contributed by atoms with Crippen molar-refractivity contribution < 1.29 is 9.13 Å². The van der Waals surface area contributed by atoms with Gasteiger partial charge in [0.2, 0.25) is 0 Å². The molecule has 0 amide bonds. The van der Waals surface area contributed by atoms with Crippen molar-refractivity contribution in [1.82, 2.24) is 19.9 Å². The van der Waals surface area contributed by atoms with Gasteiger partial charge in [-0.25, -0.2) is 24.3 Å². The van der Waals surface area contributed by atoms with Crippen LogP contribution in [0.4, 0.5) is 16.0 Å². The number of thiazole rings is 1. The molecule has 2 aliphatic heterocycles. The standard InChI is InChI=1S/C21H23FN6OS/c1-13-16-9-23-21(18-11-30-12-24-18)25-17(16)4-6-28(13)20-8-14(22)7-19(26-20)27-5-3-15(10-27)29-2/h7-9,11-13,15H,3-6,10H2,1-2H3. The number of hydrogen-bond donors (Lipinski definition) is 0. The number of fused-ring (bicyclic) bond motifs is 1. The Kier molecular flexibility index (Phi) is 5.08. The minimum atomic E-state index is -0.274. The molecule has 0 aliphatic carbocycles. The number of aromatic nitrogens is 4. The molecule has 0 saturated carbocycles. The van der Waals surface area contributed by atoms with Crippen LogP contribution in [0.25, 0.3) is 11.5 Å². The number of nitrogens with zero attached hydrogens (tertiary/aromatic N) is 6. The Balaban J connectivity index is 1.42. The molecule has 1 saturated heterocycles. The minimum Gasteiger partial charge on any atom is -0.380 e.